The predicted molar refractivity (Wildman–Crippen MR) is 52.2 cm³/mol. The van der Waals surface area contributed by atoms with Crippen LogP contribution in [0.4, 0.5) is 0 Å². The van der Waals surface area contributed by atoms with E-state index in [0.29, 0.717) is 0 Å². The third kappa shape index (κ3) is 2.27. The lowest BCUT2D eigenvalue weighted by Gasteiger charge is -1.98. The minimum absolute atomic E-state index is 0.880. The van der Waals surface area contributed by atoms with Gasteiger partial charge in [-0.05, 0) is 17.7 Å². The zero-order valence-corrected chi connectivity index (χ0v) is 7.16. The number of hydrogen-bond acceptors (Lipinski definition) is 1. The Labute approximate surface area is 73.0 Å². The van der Waals surface area contributed by atoms with E-state index in [2.05, 4.69) is 6.58 Å². The van der Waals surface area contributed by atoms with Gasteiger partial charge < -0.3 is 4.74 Å². The molecule has 0 fully saturated rings. The molecule has 0 bridgehead atoms. The van der Waals surface area contributed by atoms with Gasteiger partial charge in [0, 0.05) is 0 Å². The van der Waals surface area contributed by atoms with Crippen molar-refractivity contribution in [2.24, 2.45) is 0 Å². The smallest absolute Gasteiger partial charge is 0.118 e. The summed E-state index contributed by atoms with van der Waals surface area (Å²) in [6, 6.07) is 7.86. The molecule has 0 unspecified atom stereocenters. The minimum atomic E-state index is 0.880. The van der Waals surface area contributed by atoms with Gasteiger partial charge in [-0.25, -0.2) is 0 Å². The van der Waals surface area contributed by atoms with Crippen molar-refractivity contribution < 1.29 is 4.74 Å². The number of allylic oxidation sites excluding steroid dienone is 2. The fourth-order valence-electron chi connectivity index (χ4n) is 0.894. The van der Waals surface area contributed by atoms with Crippen LogP contribution >= 0.6 is 0 Å². The molecule has 0 spiro atoms. The molecule has 0 heterocycles. The summed E-state index contributed by atoms with van der Waals surface area (Å²) in [6.07, 6.45) is 5.65. The quantitative estimate of drug-likeness (QED) is 0.618. The maximum Gasteiger partial charge on any atom is 0.118 e. The summed E-state index contributed by atoms with van der Waals surface area (Å²) in [5, 5.41) is 0. The largest absolute Gasteiger partial charge is 0.497 e. The van der Waals surface area contributed by atoms with Crippen LogP contribution in [0.5, 0.6) is 5.75 Å². The summed E-state index contributed by atoms with van der Waals surface area (Å²) in [7, 11) is 1.66. The van der Waals surface area contributed by atoms with E-state index in [4.69, 9.17) is 4.74 Å². The molecule has 0 aliphatic rings. The molecule has 1 aromatic carbocycles. The molecule has 0 atom stereocenters. The van der Waals surface area contributed by atoms with E-state index in [1.54, 1.807) is 13.2 Å². The molecule has 62 valence electrons. The van der Waals surface area contributed by atoms with E-state index in [-0.39, 0.29) is 0 Å². The van der Waals surface area contributed by atoms with Crippen LogP contribution in [-0.2, 0) is 0 Å². The van der Waals surface area contributed by atoms with E-state index < -0.39 is 0 Å². The Morgan fingerprint density at radius 1 is 1.25 bits per heavy atom. The monoisotopic (exact) mass is 160 g/mol. The second-order valence-electron chi connectivity index (χ2n) is 2.37. The molecule has 1 heteroatoms. The number of ether oxygens (including phenoxy) is 1. The molecule has 1 nitrogen and oxygen atoms in total. The lowest BCUT2D eigenvalue weighted by atomic mass is 10.2. The fourth-order valence-corrected chi connectivity index (χ4v) is 0.894. The first-order valence-corrected chi connectivity index (χ1v) is 3.80. The Hall–Kier alpha value is -1.50. The van der Waals surface area contributed by atoms with Crippen molar-refractivity contribution in [2.75, 3.05) is 7.11 Å². The second kappa shape index (κ2) is 4.39. The Kier molecular flexibility index (Phi) is 3.15. The lowest BCUT2D eigenvalue weighted by Crippen LogP contribution is -1.80. The van der Waals surface area contributed by atoms with Crippen LogP contribution in [0.15, 0.2) is 43.0 Å². The average molecular weight is 160 g/mol. The average Bonchev–Trinajstić information content (AvgIpc) is 2.15. The van der Waals surface area contributed by atoms with Gasteiger partial charge >= 0.3 is 0 Å². The lowest BCUT2D eigenvalue weighted by molar-refractivity contribution is 0.415. The molecular weight excluding hydrogens is 148 g/mol. The number of benzene rings is 1. The third-order valence-electron chi connectivity index (χ3n) is 1.54. The van der Waals surface area contributed by atoms with E-state index in [0.717, 1.165) is 11.3 Å². The topological polar surface area (TPSA) is 9.23 Å². The van der Waals surface area contributed by atoms with Gasteiger partial charge in [-0.2, -0.15) is 0 Å². The van der Waals surface area contributed by atoms with E-state index >= 15 is 0 Å². The van der Waals surface area contributed by atoms with Crippen molar-refractivity contribution in [2.45, 2.75) is 0 Å². The summed E-state index contributed by atoms with van der Waals surface area (Å²) in [4.78, 5) is 0. The molecule has 1 rings (SSSR count). The van der Waals surface area contributed by atoms with Gasteiger partial charge in [0.15, 0.2) is 0 Å². The van der Waals surface area contributed by atoms with Crippen LogP contribution in [0.2, 0.25) is 0 Å². The molecule has 0 aromatic heterocycles. The molecule has 0 saturated carbocycles. The maximum absolute atomic E-state index is 5.03. The van der Waals surface area contributed by atoms with Gasteiger partial charge in [0.25, 0.3) is 0 Å². The van der Waals surface area contributed by atoms with Crippen LogP contribution in [0, 0.1) is 0 Å². The van der Waals surface area contributed by atoms with Crippen molar-refractivity contribution in [3.8, 4) is 5.75 Å². The Morgan fingerprint density at radius 3 is 2.42 bits per heavy atom. The van der Waals surface area contributed by atoms with Crippen molar-refractivity contribution in [1.82, 2.24) is 0 Å². The summed E-state index contributed by atoms with van der Waals surface area (Å²) in [6.45, 7) is 3.60. The maximum atomic E-state index is 5.03. The fraction of sp³-hybridized carbons (Fsp3) is 0.0909. The first-order valence-electron chi connectivity index (χ1n) is 3.80. The highest BCUT2D eigenvalue weighted by Crippen LogP contribution is 2.11. The highest BCUT2D eigenvalue weighted by Gasteiger charge is 1.88. The number of rotatable bonds is 3. The zero-order chi connectivity index (χ0) is 8.81. The van der Waals surface area contributed by atoms with Crippen LogP contribution in [-0.4, -0.2) is 7.11 Å². The predicted octanol–water partition coefficient (Wildman–Crippen LogP) is 2.89. The van der Waals surface area contributed by atoms with Crippen LogP contribution in [0.25, 0.3) is 6.08 Å². The summed E-state index contributed by atoms with van der Waals surface area (Å²) in [5.41, 5.74) is 1.15. The van der Waals surface area contributed by atoms with Gasteiger partial charge in [0.2, 0.25) is 0 Å². The normalized spacial score (nSPS) is 10.1. The van der Waals surface area contributed by atoms with Gasteiger partial charge in [0.1, 0.15) is 5.75 Å². The summed E-state index contributed by atoms with van der Waals surface area (Å²) >= 11 is 0. The minimum Gasteiger partial charge on any atom is -0.497 e. The highest BCUT2D eigenvalue weighted by molar-refractivity contribution is 5.51. The molecule has 0 saturated heterocycles. The second-order valence-corrected chi connectivity index (χ2v) is 2.37. The number of methoxy groups -OCH3 is 1. The molecule has 0 aliphatic heterocycles. The molecule has 0 radical (unpaired) electrons. The third-order valence-corrected chi connectivity index (χ3v) is 1.54. The first-order chi connectivity index (χ1) is 5.86. The van der Waals surface area contributed by atoms with Crippen molar-refractivity contribution in [3.05, 3.63) is 48.6 Å². The van der Waals surface area contributed by atoms with Gasteiger partial charge in [-0.3, -0.25) is 0 Å². The molecule has 1 aromatic rings. The molecule has 0 amide bonds. The van der Waals surface area contributed by atoms with E-state index in [9.17, 15) is 0 Å². The van der Waals surface area contributed by atoms with Crippen molar-refractivity contribution in [3.63, 3.8) is 0 Å². The van der Waals surface area contributed by atoms with Gasteiger partial charge in [0.05, 0.1) is 7.11 Å². The van der Waals surface area contributed by atoms with Crippen molar-refractivity contribution >= 4 is 6.08 Å². The standard InChI is InChI=1S/C11H12O/c1-3-4-5-10-6-8-11(12-2)9-7-10/h3-9H,1H2,2H3/b5-4-. The van der Waals surface area contributed by atoms with E-state index in [1.165, 1.54) is 0 Å². The Balaban J connectivity index is 2.77. The van der Waals surface area contributed by atoms with Crippen LogP contribution in [0.1, 0.15) is 5.56 Å². The molecular formula is C11H12O. The van der Waals surface area contributed by atoms with Gasteiger partial charge in [-0.1, -0.05) is 36.9 Å². The molecule has 12 heavy (non-hydrogen) atoms. The Morgan fingerprint density at radius 2 is 1.92 bits per heavy atom. The van der Waals surface area contributed by atoms with Crippen LogP contribution in [0.3, 0.4) is 0 Å². The van der Waals surface area contributed by atoms with E-state index in [1.807, 2.05) is 36.4 Å². The summed E-state index contributed by atoms with van der Waals surface area (Å²) < 4.78 is 5.03. The zero-order valence-electron chi connectivity index (χ0n) is 7.16. The highest BCUT2D eigenvalue weighted by atomic mass is 16.5. The Bertz CT molecular complexity index is 270. The SMILES string of the molecule is C=C/C=C\c1ccc(OC)cc1. The molecule has 0 aliphatic carbocycles. The first kappa shape index (κ1) is 8.60. The summed E-state index contributed by atoms with van der Waals surface area (Å²) in [5.74, 6) is 0.880. The van der Waals surface area contributed by atoms with Gasteiger partial charge in [-0.15, -0.1) is 0 Å². The van der Waals surface area contributed by atoms with Crippen molar-refractivity contribution in [1.29, 1.82) is 0 Å². The van der Waals surface area contributed by atoms with Crippen LogP contribution < -0.4 is 4.74 Å². The molecule has 0 N–H and O–H groups in total. The number of hydrogen-bond donors (Lipinski definition) is 0.